The number of rotatable bonds is 3. The van der Waals surface area contributed by atoms with Crippen LogP contribution < -0.4 is 5.73 Å². The number of aryl methyl sites for hydroxylation is 1. The maximum absolute atomic E-state index is 14.8. The Hall–Kier alpha value is -4.77. The molecule has 1 amide bonds. The molecule has 4 aromatic rings. The monoisotopic (exact) mass is 486 g/mol. The number of anilines is 1. The van der Waals surface area contributed by atoms with Crippen molar-refractivity contribution in [1.29, 1.82) is 5.26 Å². The Labute approximate surface area is 204 Å². The number of aromatic nitrogens is 5. The zero-order chi connectivity index (χ0) is 25.6. The molecule has 1 aliphatic rings. The molecule has 5 rings (SSSR count). The first-order valence-electron chi connectivity index (χ1n) is 11.1. The van der Waals surface area contributed by atoms with Gasteiger partial charge in [0.2, 0.25) is 5.91 Å². The molecule has 3 aromatic heterocycles. The zero-order valence-corrected chi connectivity index (χ0v) is 19.2. The third kappa shape index (κ3) is 3.62. The van der Waals surface area contributed by atoms with Gasteiger partial charge in [0.1, 0.15) is 17.0 Å². The van der Waals surface area contributed by atoms with Gasteiger partial charge in [-0.15, -0.1) is 0 Å². The number of nitrogen functional groups attached to an aromatic ring is 1. The normalized spacial score (nSPS) is 17.2. The summed E-state index contributed by atoms with van der Waals surface area (Å²) in [4.78, 5) is 22.2. The van der Waals surface area contributed by atoms with E-state index in [1.165, 1.54) is 29.2 Å². The van der Waals surface area contributed by atoms with E-state index in [4.69, 9.17) is 5.73 Å². The van der Waals surface area contributed by atoms with E-state index in [2.05, 4.69) is 39.6 Å². The molecule has 1 unspecified atom stereocenters. The Bertz CT molecular complexity index is 1650. The number of hydrogen-bond donors (Lipinski definition) is 1. The van der Waals surface area contributed by atoms with Gasteiger partial charge in [0.25, 0.3) is 0 Å². The Balaban J connectivity index is 1.60. The Morgan fingerprint density at radius 1 is 1.33 bits per heavy atom. The number of nitrogens with two attached hydrogens (primary N) is 1. The third-order valence-corrected chi connectivity index (χ3v) is 6.37. The average molecular weight is 486 g/mol. The summed E-state index contributed by atoms with van der Waals surface area (Å²) in [6.45, 7) is 3.87. The van der Waals surface area contributed by atoms with Gasteiger partial charge in [0.05, 0.1) is 46.8 Å². The molecule has 0 spiro atoms. The third-order valence-electron chi connectivity index (χ3n) is 6.37. The fourth-order valence-electron chi connectivity index (χ4n) is 4.69. The summed E-state index contributed by atoms with van der Waals surface area (Å²) in [6, 6.07) is 4.67. The van der Waals surface area contributed by atoms with Gasteiger partial charge in [-0.2, -0.15) is 10.4 Å². The predicted octanol–water partition coefficient (Wildman–Crippen LogP) is 2.82. The van der Waals surface area contributed by atoms with Crippen molar-refractivity contribution in [2.24, 2.45) is 7.05 Å². The first kappa shape index (κ1) is 23.0. The second-order valence-electron chi connectivity index (χ2n) is 8.51. The summed E-state index contributed by atoms with van der Waals surface area (Å²) < 4.78 is 32.5. The van der Waals surface area contributed by atoms with Gasteiger partial charge in [-0.25, -0.2) is 18.7 Å². The Morgan fingerprint density at radius 2 is 2.14 bits per heavy atom. The number of hydrogen-bond acceptors (Lipinski definition) is 6. The molecular formula is C25H20F2N8O. The lowest BCUT2D eigenvalue weighted by Gasteiger charge is -2.20. The van der Waals surface area contributed by atoms with Gasteiger partial charge in [0, 0.05) is 25.8 Å². The van der Waals surface area contributed by atoms with Crippen LogP contribution in [0.15, 0.2) is 37.3 Å². The second kappa shape index (κ2) is 8.78. The standard InChI is InChI=1S/C25H20F2N8O/c1-3-20(36)34-12-16(11-15(34)6-8-28)35-19-7-9-30-25(29)21(19)17(32-35)5-4-14-10-18-24(23(27)22(14)26)33(2)13-31-18/h3,7,9-10,13,15-16H,1,6,11-12H2,2H3,(H2,29,30)/t15-,16?/m0/s1. The van der Waals surface area contributed by atoms with Gasteiger partial charge in [0.15, 0.2) is 11.6 Å². The number of imidazole rings is 1. The van der Waals surface area contributed by atoms with E-state index in [0.717, 1.165) is 0 Å². The number of carbonyl (C=O) groups is 1. The molecule has 4 heterocycles. The van der Waals surface area contributed by atoms with Crippen molar-refractivity contribution < 1.29 is 13.6 Å². The highest BCUT2D eigenvalue weighted by atomic mass is 19.2. The van der Waals surface area contributed by atoms with Gasteiger partial charge in [-0.1, -0.05) is 12.5 Å². The minimum absolute atomic E-state index is 0.0491. The van der Waals surface area contributed by atoms with E-state index < -0.39 is 11.6 Å². The summed E-state index contributed by atoms with van der Waals surface area (Å²) in [5.74, 6) is 3.28. The quantitative estimate of drug-likeness (QED) is 0.351. The molecule has 2 atom stereocenters. The molecule has 0 radical (unpaired) electrons. The summed E-state index contributed by atoms with van der Waals surface area (Å²) >= 11 is 0. The van der Waals surface area contributed by atoms with Crippen LogP contribution in [-0.2, 0) is 11.8 Å². The molecule has 0 aliphatic carbocycles. The molecule has 36 heavy (non-hydrogen) atoms. The van der Waals surface area contributed by atoms with Crippen molar-refractivity contribution in [1.82, 2.24) is 29.2 Å². The van der Waals surface area contributed by atoms with Crippen LogP contribution in [0.3, 0.4) is 0 Å². The maximum Gasteiger partial charge on any atom is 0.246 e. The number of likely N-dealkylation sites (tertiary alicyclic amines) is 1. The van der Waals surface area contributed by atoms with E-state index in [9.17, 15) is 18.8 Å². The molecule has 180 valence electrons. The van der Waals surface area contributed by atoms with E-state index in [1.807, 2.05) is 0 Å². The van der Waals surface area contributed by atoms with Gasteiger partial charge in [-0.05, 0) is 30.6 Å². The molecule has 1 saturated heterocycles. The van der Waals surface area contributed by atoms with E-state index in [1.54, 1.807) is 22.7 Å². The molecule has 0 bridgehead atoms. The number of nitrogens with zero attached hydrogens (tertiary/aromatic N) is 7. The molecule has 1 aliphatic heterocycles. The van der Waals surface area contributed by atoms with Crippen LogP contribution in [0.4, 0.5) is 14.6 Å². The predicted molar refractivity (Wildman–Crippen MR) is 128 cm³/mol. The smallest absolute Gasteiger partial charge is 0.246 e. The fourth-order valence-corrected chi connectivity index (χ4v) is 4.69. The summed E-state index contributed by atoms with van der Waals surface area (Å²) in [7, 11) is 1.58. The van der Waals surface area contributed by atoms with Gasteiger partial charge >= 0.3 is 0 Å². The number of nitriles is 1. The number of pyridine rings is 1. The Kier molecular flexibility index (Phi) is 5.61. The lowest BCUT2D eigenvalue weighted by Crippen LogP contribution is -2.34. The van der Waals surface area contributed by atoms with Crippen molar-refractivity contribution in [2.45, 2.75) is 24.9 Å². The first-order valence-corrected chi connectivity index (χ1v) is 11.1. The molecular weight excluding hydrogens is 466 g/mol. The number of halogens is 2. The average Bonchev–Trinajstić information content (AvgIpc) is 3.56. The number of fused-ring (bicyclic) bond motifs is 2. The minimum atomic E-state index is -1.08. The lowest BCUT2D eigenvalue weighted by atomic mass is 10.1. The molecule has 1 aromatic carbocycles. The molecule has 2 N–H and O–H groups in total. The van der Waals surface area contributed by atoms with Crippen molar-refractivity contribution in [3.05, 3.63) is 60.2 Å². The van der Waals surface area contributed by atoms with Crippen LogP contribution >= 0.6 is 0 Å². The second-order valence-corrected chi connectivity index (χ2v) is 8.51. The Morgan fingerprint density at radius 3 is 2.89 bits per heavy atom. The van der Waals surface area contributed by atoms with Crippen molar-refractivity contribution in [3.63, 3.8) is 0 Å². The highest BCUT2D eigenvalue weighted by Gasteiger charge is 2.36. The highest BCUT2D eigenvalue weighted by Crippen LogP contribution is 2.33. The number of amides is 1. The fraction of sp³-hybridized carbons (Fsp3) is 0.240. The van der Waals surface area contributed by atoms with Crippen LogP contribution in [0.2, 0.25) is 0 Å². The minimum Gasteiger partial charge on any atom is -0.383 e. The van der Waals surface area contributed by atoms with Crippen molar-refractivity contribution >= 4 is 33.7 Å². The van der Waals surface area contributed by atoms with Crippen molar-refractivity contribution in [2.75, 3.05) is 12.3 Å². The van der Waals surface area contributed by atoms with Gasteiger partial charge in [-0.3, -0.25) is 9.48 Å². The van der Waals surface area contributed by atoms with Crippen molar-refractivity contribution in [3.8, 4) is 17.9 Å². The molecule has 0 saturated carbocycles. The highest BCUT2D eigenvalue weighted by molar-refractivity contribution is 5.93. The largest absolute Gasteiger partial charge is 0.383 e. The first-order chi connectivity index (χ1) is 17.3. The summed E-state index contributed by atoms with van der Waals surface area (Å²) in [6.07, 6.45) is 4.82. The molecule has 1 fully saturated rings. The van der Waals surface area contributed by atoms with Crippen LogP contribution in [0.1, 0.15) is 30.1 Å². The lowest BCUT2D eigenvalue weighted by molar-refractivity contribution is -0.126. The summed E-state index contributed by atoms with van der Waals surface area (Å²) in [5, 5.41) is 14.3. The zero-order valence-electron chi connectivity index (χ0n) is 19.2. The maximum atomic E-state index is 14.8. The van der Waals surface area contributed by atoms with E-state index in [0.29, 0.717) is 23.9 Å². The van der Waals surface area contributed by atoms with Crippen LogP contribution in [0.5, 0.6) is 0 Å². The van der Waals surface area contributed by atoms with E-state index >= 15 is 0 Å². The summed E-state index contributed by atoms with van der Waals surface area (Å²) in [5.41, 5.74) is 7.17. The SMILES string of the molecule is C=CC(=O)N1CC(n2nc(C#Cc3cc4ncn(C)c4c(F)c3F)c3c(N)nccc32)C[C@@H]1CC#N. The van der Waals surface area contributed by atoms with Crippen LogP contribution in [0, 0.1) is 34.8 Å². The molecule has 11 heteroatoms. The van der Waals surface area contributed by atoms with Crippen LogP contribution in [0.25, 0.3) is 21.9 Å². The van der Waals surface area contributed by atoms with Crippen LogP contribution in [-0.4, -0.2) is 47.7 Å². The number of carbonyl (C=O) groups excluding carboxylic acids is 1. The number of benzene rings is 1. The van der Waals surface area contributed by atoms with E-state index in [-0.39, 0.29) is 52.5 Å². The van der Waals surface area contributed by atoms with Gasteiger partial charge < -0.3 is 15.2 Å². The topological polar surface area (TPSA) is 119 Å². The molecule has 9 nitrogen and oxygen atoms in total.